The van der Waals surface area contributed by atoms with Gasteiger partial charge in [-0.05, 0) is 52.9 Å². The summed E-state index contributed by atoms with van der Waals surface area (Å²) >= 11 is 0. The molecular weight excluding hydrogens is 432 g/mol. The second-order valence-electron chi connectivity index (χ2n) is 8.20. The van der Waals surface area contributed by atoms with Crippen LogP contribution >= 0.6 is 0 Å². The molecule has 7 heteroatoms. The standard InChI is InChI=1S/C27H26N2O5/c1-2-18(15-25(30)31)28-26(32)17-11-13-19(14-12-17)29-27(33)34-16-24-22-9-5-3-7-20(22)21-8-4-6-10-23(21)24/h3-14,18,24H,2,15-16H2,1H3,(H,28,32)(H,29,33)(H,30,31)/t18-/m0/s1. The van der Waals surface area contributed by atoms with E-state index in [-0.39, 0.29) is 24.9 Å². The third kappa shape index (κ3) is 5.09. The Morgan fingerprint density at radius 1 is 0.912 bits per heavy atom. The molecule has 4 rings (SSSR count). The first-order valence-electron chi connectivity index (χ1n) is 11.2. The largest absolute Gasteiger partial charge is 0.481 e. The average molecular weight is 459 g/mol. The zero-order chi connectivity index (χ0) is 24.1. The van der Waals surface area contributed by atoms with Crippen molar-refractivity contribution in [1.82, 2.24) is 5.32 Å². The monoisotopic (exact) mass is 458 g/mol. The van der Waals surface area contributed by atoms with Gasteiger partial charge in [0.2, 0.25) is 0 Å². The predicted molar refractivity (Wildman–Crippen MR) is 129 cm³/mol. The van der Waals surface area contributed by atoms with Gasteiger partial charge in [0.05, 0.1) is 6.42 Å². The summed E-state index contributed by atoms with van der Waals surface area (Å²) in [5, 5.41) is 14.3. The topological polar surface area (TPSA) is 105 Å². The van der Waals surface area contributed by atoms with E-state index >= 15 is 0 Å². The van der Waals surface area contributed by atoms with E-state index < -0.39 is 18.1 Å². The van der Waals surface area contributed by atoms with Crippen LogP contribution in [0.4, 0.5) is 10.5 Å². The molecule has 7 nitrogen and oxygen atoms in total. The normalized spacial score (nSPS) is 12.9. The minimum absolute atomic E-state index is 0.0264. The summed E-state index contributed by atoms with van der Waals surface area (Å²) in [5.41, 5.74) is 5.47. The van der Waals surface area contributed by atoms with E-state index in [1.54, 1.807) is 24.3 Å². The smallest absolute Gasteiger partial charge is 0.411 e. The van der Waals surface area contributed by atoms with Crippen LogP contribution < -0.4 is 10.6 Å². The Hall–Kier alpha value is -4.13. The fourth-order valence-electron chi connectivity index (χ4n) is 4.23. The highest BCUT2D eigenvalue weighted by Crippen LogP contribution is 2.44. The summed E-state index contributed by atoms with van der Waals surface area (Å²) in [6.07, 6.45) is -0.199. The Morgan fingerprint density at radius 3 is 2.06 bits per heavy atom. The zero-order valence-corrected chi connectivity index (χ0v) is 18.8. The number of carboxylic acids is 1. The first kappa shape index (κ1) is 23.0. The first-order valence-corrected chi connectivity index (χ1v) is 11.2. The van der Waals surface area contributed by atoms with Gasteiger partial charge in [-0.2, -0.15) is 0 Å². The molecule has 0 saturated heterocycles. The van der Waals surface area contributed by atoms with Crippen LogP contribution in [0.3, 0.4) is 0 Å². The number of fused-ring (bicyclic) bond motifs is 3. The van der Waals surface area contributed by atoms with Crippen LogP contribution in [-0.4, -0.2) is 35.7 Å². The maximum absolute atomic E-state index is 12.4. The number of carbonyl (C=O) groups excluding carboxylic acids is 2. The van der Waals surface area contributed by atoms with E-state index in [0.717, 1.165) is 22.3 Å². The van der Waals surface area contributed by atoms with Crippen LogP contribution in [0.5, 0.6) is 0 Å². The highest BCUT2D eigenvalue weighted by molar-refractivity contribution is 5.95. The van der Waals surface area contributed by atoms with Crippen molar-refractivity contribution >= 4 is 23.7 Å². The van der Waals surface area contributed by atoms with E-state index in [9.17, 15) is 14.4 Å². The number of benzene rings is 3. The molecule has 0 aliphatic heterocycles. The van der Waals surface area contributed by atoms with Gasteiger partial charge < -0.3 is 15.2 Å². The number of nitrogens with one attached hydrogen (secondary N) is 2. The summed E-state index contributed by atoms with van der Waals surface area (Å²) in [6, 6.07) is 22.2. The van der Waals surface area contributed by atoms with Crippen molar-refractivity contribution in [2.75, 3.05) is 11.9 Å². The highest BCUT2D eigenvalue weighted by atomic mass is 16.5. The van der Waals surface area contributed by atoms with Crippen molar-refractivity contribution in [2.24, 2.45) is 0 Å². The second-order valence-corrected chi connectivity index (χ2v) is 8.20. The number of aliphatic carboxylic acids is 1. The molecule has 3 aromatic carbocycles. The van der Waals surface area contributed by atoms with Crippen molar-refractivity contribution in [1.29, 1.82) is 0 Å². The van der Waals surface area contributed by atoms with E-state index in [1.165, 1.54) is 0 Å². The molecule has 0 aromatic heterocycles. The predicted octanol–water partition coefficient (Wildman–Crippen LogP) is 5.03. The SMILES string of the molecule is CC[C@@H](CC(=O)O)NC(=O)c1ccc(NC(=O)OCC2c3ccccc3-c3ccccc32)cc1. The lowest BCUT2D eigenvalue weighted by Crippen LogP contribution is -2.36. The van der Waals surface area contributed by atoms with Crippen LogP contribution in [0.15, 0.2) is 72.8 Å². The van der Waals surface area contributed by atoms with Gasteiger partial charge in [0.25, 0.3) is 5.91 Å². The summed E-state index contributed by atoms with van der Waals surface area (Å²) in [7, 11) is 0. The molecule has 3 aromatic rings. The molecule has 1 aliphatic rings. The van der Waals surface area contributed by atoms with Crippen LogP contribution in [0.25, 0.3) is 11.1 Å². The Bertz CT molecular complexity index is 1160. The molecule has 2 amide bonds. The number of amides is 2. The lowest BCUT2D eigenvalue weighted by atomic mass is 9.98. The van der Waals surface area contributed by atoms with Crippen molar-refractivity contribution in [3.8, 4) is 11.1 Å². The molecule has 0 bridgehead atoms. The Balaban J connectivity index is 1.34. The Kier molecular flexibility index (Phi) is 6.92. The van der Waals surface area contributed by atoms with Crippen LogP contribution in [0.1, 0.15) is 47.2 Å². The Labute approximate surface area is 197 Å². The van der Waals surface area contributed by atoms with E-state index in [2.05, 4.69) is 34.9 Å². The summed E-state index contributed by atoms with van der Waals surface area (Å²) in [5.74, 6) is -1.35. The molecule has 0 saturated carbocycles. The molecular formula is C27H26N2O5. The molecule has 1 aliphatic carbocycles. The van der Waals surface area contributed by atoms with Gasteiger partial charge in [-0.3, -0.25) is 14.9 Å². The third-order valence-corrected chi connectivity index (χ3v) is 5.99. The Morgan fingerprint density at radius 2 is 1.50 bits per heavy atom. The first-order chi connectivity index (χ1) is 16.5. The summed E-state index contributed by atoms with van der Waals surface area (Å²) in [6.45, 7) is 2.03. The molecule has 0 radical (unpaired) electrons. The molecule has 174 valence electrons. The lowest BCUT2D eigenvalue weighted by molar-refractivity contribution is -0.137. The van der Waals surface area contributed by atoms with Gasteiger partial charge in [0.1, 0.15) is 6.61 Å². The molecule has 0 heterocycles. The van der Waals surface area contributed by atoms with Crippen LogP contribution in [-0.2, 0) is 9.53 Å². The van der Waals surface area contributed by atoms with E-state index in [0.29, 0.717) is 17.7 Å². The third-order valence-electron chi connectivity index (χ3n) is 5.99. The van der Waals surface area contributed by atoms with Gasteiger partial charge >= 0.3 is 12.1 Å². The van der Waals surface area contributed by atoms with Crippen molar-refractivity contribution in [2.45, 2.75) is 31.7 Å². The summed E-state index contributed by atoms with van der Waals surface area (Å²) < 4.78 is 5.54. The lowest BCUT2D eigenvalue weighted by Gasteiger charge is -2.15. The van der Waals surface area contributed by atoms with Crippen LogP contribution in [0.2, 0.25) is 0 Å². The van der Waals surface area contributed by atoms with E-state index in [4.69, 9.17) is 9.84 Å². The van der Waals surface area contributed by atoms with Gasteiger partial charge in [-0.1, -0.05) is 55.5 Å². The van der Waals surface area contributed by atoms with Crippen molar-refractivity contribution in [3.63, 3.8) is 0 Å². The van der Waals surface area contributed by atoms with Crippen LogP contribution in [0, 0.1) is 0 Å². The van der Waals surface area contributed by atoms with Gasteiger partial charge in [0.15, 0.2) is 0 Å². The van der Waals surface area contributed by atoms with Gasteiger partial charge in [-0.15, -0.1) is 0 Å². The van der Waals surface area contributed by atoms with Gasteiger partial charge in [0, 0.05) is 23.2 Å². The number of hydrogen-bond donors (Lipinski definition) is 3. The number of carbonyl (C=O) groups is 3. The van der Waals surface area contributed by atoms with Crippen molar-refractivity contribution in [3.05, 3.63) is 89.5 Å². The molecule has 0 spiro atoms. The molecule has 0 fully saturated rings. The fourth-order valence-corrected chi connectivity index (χ4v) is 4.23. The quantitative estimate of drug-likeness (QED) is 0.439. The fraction of sp³-hybridized carbons (Fsp3) is 0.222. The molecule has 34 heavy (non-hydrogen) atoms. The number of hydrogen-bond acceptors (Lipinski definition) is 4. The maximum atomic E-state index is 12.4. The zero-order valence-electron chi connectivity index (χ0n) is 18.8. The average Bonchev–Trinajstić information content (AvgIpc) is 3.16. The number of rotatable bonds is 8. The minimum atomic E-state index is -0.963. The van der Waals surface area contributed by atoms with Gasteiger partial charge in [-0.25, -0.2) is 4.79 Å². The van der Waals surface area contributed by atoms with E-state index in [1.807, 2.05) is 31.2 Å². The number of anilines is 1. The number of ether oxygens (including phenoxy) is 1. The molecule has 1 atom stereocenters. The number of carboxylic acid groups (broad SMARTS) is 1. The van der Waals surface area contributed by atoms with Crippen molar-refractivity contribution < 1.29 is 24.2 Å². The summed E-state index contributed by atoms with van der Waals surface area (Å²) in [4.78, 5) is 35.7. The molecule has 3 N–H and O–H groups in total. The second kappa shape index (κ2) is 10.2. The maximum Gasteiger partial charge on any atom is 0.411 e. The molecule has 0 unspecified atom stereocenters. The minimum Gasteiger partial charge on any atom is -0.481 e. The highest BCUT2D eigenvalue weighted by Gasteiger charge is 2.29.